The third kappa shape index (κ3) is 1.73. The fourth-order valence-electron chi connectivity index (χ4n) is 1.37. The highest BCUT2D eigenvalue weighted by molar-refractivity contribution is 5.82. The van der Waals surface area contributed by atoms with Gasteiger partial charge < -0.3 is 16.0 Å². The second-order valence-corrected chi connectivity index (χ2v) is 3.04. The number of aromatic nitrogens is 2. The van der Waals surface area contributed by atoms with Gasteiger partial charge in [0, 0.05) is 19.3 Å². The Kier molecular flexibility index (Phi) is 2.18. The van der Waals surface area contributed by atoms with Crippen LogP contribution in [0.1, 0.15) is 0 Å². The molecule has 3 N–H and O–H groups in total. The molecule has 74 valence electrons. The summed E-state index contributed by atoms with van der Waals surface area (Å²) in [5.41, 5.74) is 5.45. The minimum Gasteiger partial charge on any atom is -0.368 e. The lowest BCUT2D eigenvalue weighted by Gasteiger charge is -2.27. The summed E-state index contributed by atoms with van der Waals surface area (Å²) in [5, 5.41) is 2.74. The molecular weight excluding hydrogens is 182 g/mol. The molecule has 1 saturated heterocycles. The number of nitrogens with zero attached hydrogens (tertiary/aromatic N) is 3. The Balaban J connectivity index is 2.17. The smallest absolute Gasteiger partial charge is 0.239 e. The van der Waals surface area contributed by atoms with Gasteiger partial charge >= 0.3 is 0 Å². The number of rotatable bonds is 1. The third-order valence-electron chi connectivity index (χ3n) is 2.02. The first-order valence-corrected chi connectivity index (χ1v) is 4.36. The maximum Gasteiger partial charge on any atom is 0.239 e. The predicted octanol–water partition coefficient (Wildman–Crippen LogP) is -1.01. The molecule has 0 saturated carbocycles. The summed E-state index contributed by atoms with van der Waals surface area (Å²) in [6.45, 7) is 1.72. The molecule has 0 atom stereocenters. The van der Waals surface area contributed by atoms with Gasteiger partial charge in [-0.05, 0) is 6.07 Å². The monoisotopic (exact) mass is 193 g/mol. The second-order valence-electron chi connectivity index (χ2n) is 3.04. The number of piperazine rings is 1. The molecule has 2 heterocycles. The van der Waals surface area contributed by atoms with E-state index in [1.807, 2.05) is 4.90 Å². The van der Waals surface area contributed by atoms with Gasteiger partial charge in [0.1, 0.15) is 5.82 Å². The van der Waals surface area contributed by atoms with Gasteiger partial charge in [-0.2, -0.15) is 4.98 Å². The molecule has 0 bridgehead atoms. The van der Waals surface area contributed by atoms with Crippen LogP contribution in [0.5, 0.6) is 0 Å². The number of nitrogens with one attached hydrogen (secondary N) is 1. The van der Waals surface area contributed by atoms with Crippen molar-refractivity contribution in [2.45, 2.75) is 0 Å². The predicted molar refractivity (Wildman–Crippen MR) is 51.7 cm³/mol. The van der Waals surface area contributed by atoms with Gasteiger partial charge in [-0.25, -0.2) is 4.98 Å². The molecule has 1 aromatic heterocycles. The standard InChI is InChI=1S/C8H11N5O/c9-8-11-2-1-6(12-8)13-4-3-10-7(14)5-13/h1-2H,3-5H2,(H,10,14)(H2,9,11,12). The lowest BCUT2D eigenvalue weighted by Crippen LogP contribution is -2.48. The van der Waals surface area contributed by atoms with Gasteiger partial charge in [0.2, 0.25) is 11.9 Å². The van der Waals surface area contributed by atoms with Crippen LogP contribution in [0.2, 0.25) is 0 Å². The maximum atomic E-state index is 11.1. The maximum absolute atomic E-state index is 11.1. The summed E-state index contributed by atoms with van der Waals surface area (Å²) in [7, 11) is 0. The van der Waals surface area contributed by atoms with E-state index >= 15 is 0 Å². The minimum absolute atomic E-state index is 0.00781. The molecule has 0 aromatic carbocycles. The zero-order valence-electron chi connectivity index (χ0n) is 7.60. The first kappa shape index (κ1) is 8.74. The van der Waals surface area contributed by atoms with Gasteiger partial charge in [-0.3, -0.25) is 4.79 Å². The summed E-state index contributed by atoms with van der Waals surface area (Å²) < 4.78 is 0. The number of amides is 1. The molecule has 0 radical (unpaired) electrons. The summed E-state index contributed by atoms with van der Waals surface area (Å²) >= 11 is 0. The normalized spacial score (nSPS) is 16.6. The third-order valence-corrected chi connectivity index (χ3v) is 2.02. The van der Waals surface area contributed by atoms with E-state index in [1.165, 1.54) is 0 Å². The highest BCUT2D eigenvalue weighted by Crippen LogP contribution is 2.10. The Bertz CT molecular complexity index is 353. The van der Waals surface area contributed by atoms with Crippen molar-refractivity contribution >= 4 is 17.7 Å². The topological polar surface area (TPSA) is 84.1 Å². The number of hydrogen-bond acceptors (Lipinski definition) is 5. The number of anilines is 2. The Morgan fingerprint density at radius 2 is 2.43 bits per heavy atom. The van der Waals surface area contributed by atoms with Crippen molar-refractivity contribution in [3.05, 3.63) is 12.3 Å². The second kappa shape index (κ2) is 3.49. The Morgan fingerprint density at radius 3 is 3.14 bits per heavy atom. The van der Waals surface area contributed by atoms with E-state index in [9.17, 15) is 4.79 Å². The molecule has 1 aliphatic rings. The average molecular weight is 193 g/mol. The van der Waals surface area contributed by atoms with Crippen LogP contribution >= 0.6 is 0 Å². The lowest BCUT2D eigenvalue weighted by atomic mass is 10.3. The molecule has 14 heavy (non-hydrogen) atoms. The summed E-state index contributed by atoms with van der Waals surface area (Å²) in [6.07, 6.45) is 1.59. The van der Waals surface area contributed by atoms with Crippen LogP contribution in [0.15, 0.2) is 12.3 Å². The number of nitrogens with two attached hydrogens (primary N) is 1. The average Bonchev–Trinajstić information content (AvgIpc) is 2.18. The Labute approximate surface area is 81.1 Å². The molecule has 1 fully saturated rings. The number of carbonyl (C=O) groups is 1. The largest absolute Gasteiger partial charge is 0.368 e. The van der Waals surface area contributed by atoms with Crippen LogP contribution < -0.4 is 16.0 Å². The van der Waals surface area contributed by atoms with Crippen molar-refractivity contribution in [3.8, 4) is 0 Å². The van der Waals surface area contributed by atoms with Crippen molar-refractivity contribution < 1.29 is 4.79 Å². The van der Waals surface area contributed by atoms with Crippen LogP contribution in [0.3, 0.4) is 0 Å². The molecule has 2 rings (SSSR count). The molecule has 1 aliphatic heterocycles. The van der Waals surface area contributed by atoms with Crippen molar-refractivity contribution in [1.29, 1.82) is 0 Å². The van der Waals surface area contributed by atoms with E-state index in [0.717, 1.165) is 6.54 Å². The van der Waals surface area contributed by atoms with E-state index in [-0.39, 0.29) is 11.9 Å². The van der Waals surface area contributed by atoms with Crippen LogP contribution in [-0.2, 0) is 4.79 Å². The minimum atomic E-state index is 0.00781. The zero-order chi connectivity index (χ0) is 9.97. The fourth-order valence-corrected chi connectivity index (χ4v) is 1.37. The zero-order valence-corrected chi connectivity index (χ0v) is 7.60. The highest BCUT2D eigenvalue weighted by atomic mass is 16.2. The van der Waals surface area contributed by atoms with Crippen LogP contribution in [0.25, 0.3) is 0 Å². The van der Waals surface area contributed by atoms with Gasteiger partial charge in [0.15, 0.2) is 0 Å². The Hall–Kier alpha value is -1.85. The van der Waals surface area contributed by atoms with Crippen molar-refractivity contribution in [2.75, 3.05) is 30.3 Å². The molecule has 6 nitrogen and oxygen atoms in total. The van der Waals surface area contributed by atoms with Crippen molar-refractivity contribution in [1.82, 2.24) is 15.3 Å². The SMILES string of the molecule is Nc1nccc(N2CCNC(=O)C2)n1. The number of carbonyl (C=O) groups excluding carboxylic acids is 1. The van der Waals surface area contributed by atoms with Crippen LogP contribution in [0.4, 0.5) is 11.8 Å². The molecule has 1 aromatic rings. The summed E-state index contributed by atoms with van der Waals surface area (Å²) in [6, 6.07) is 1.74. The molecule has 6 heteroatoms. The van der Waals surface area contributed by atoms with E-state index in [0.29, 0.717) is 18.9 Å². The van der Waals surface area contributed by atoms with Gasteiger partial charge in [0.25, 0.3) is 0 Å². The highest BCUT2D eigenvalue weighted by Gasteiger charge is 2.17. The number of hydrogen-bond donors (Lipinski definition) is 2. The first-order chi connectivity index (χ1) is 6.75. The van der Waals surface area contributed by atoms with Crippen LogP contribution in [-0.4, -0.2) is 35.5 Å². The van der Waals surface area contributed by atoms with E-state index in [4.69, 9.17) is 5.73 Å². The molecule has 0 aliphatic carbocycles. The lowest BCUT2D eigenvalue weighted by molar-refractivity contribution is -0.120. The van der Waals surface area contributed by atoms with Crippen molar-refractivity contribution in [3.63, 3.8) is 0 Å². The molecule has 1 amide bonds. The quantitative estimate of drug-likeness (QED) is 0.597. The molecule has 0 spiro atoms. The Morgan fingerprint density at radius 1 is 1.57 bits per heavy atom. The first-order valence-electron chi connectivity index (χ1n) is 4.36. The fraction of sp³-hybridized carbons (Fsp3) is 0.375. The summed E-state index contributed by atoms with van der Waals surface area (Å²) in [4.78, 5) is 20.8. The van der Waals surface area contributed by atoms with Gasteiger partial charge in [0.05, 0.1) is 6.54 Å². The van der Waals surface area contributed by atoms with E-state index < -0.39 is 0 Å². The number of nitrogen functional groups attached to an aromatic ring is 1. The summed E-state index contributed by atoms with van der Waals surface area (Å²) in [5.74, 6) is 0.939. The van der Waals surface area contributed by atoms with E-state index in [2.05, 4.69) is 15.3 Å². The molecular formula is C8H11N5O. The van der Waals surface area contributed by atoms with E-state index in [1.54, 1.807) is 12.3 Å². The van der Waals surface area contributed by atoms with Crippen molar-refractivity contribution in [2.24, 2.45) is 0 Å². The van der Waals surface area contributed by atoms with Crippen LogP contribution in [0, 0.1) is 0 Å². The molecule has 0 unspecified atom stereocenters. The van der Waals surface area contributed by atoms with Gasteiger partial charge in [-0.1, -0.05) is 0 Å². The van der Waals surface area contributed by atoms with Gasteiger partial charge in [-0.15, -0.1) is 0 Å².